The van der Waals surface area contributed by atoms with E-state index in [4.69, 9.17) is 5.11 Å². The fourth-order valence-corrected chi connectivity index (χ4v) is 1.38. The van der Waals surface area contributed by atoms with Crippen LogP contribution in [0.15, 0.2) is 24.3 Å². The minimum atomic E-state index is -0.484. The summed E-state index contributed by atoms with van der Waals surface area (Å²) in [7, 11) is 0. The second-order valence-corrected chi connectivity index (χ2v) is 3.46. The molecule has 0 atom stereocenters. The monoisotopic (exact) mass is 223 g/mol. The molecule has 1 rings (SSSR count). The first-order valence-electron chi connectivity index (χ1n) is 5.30. The van der Waals surface area contributed by atoms with Crippen LogP contribution < -0.4 is 5.32 Å². The van der Waals surface area contributed by atoms with Gasteiger partial charge in [-0.2, -0.15) is 0 Å². The molecular formula is C12H17NO3. The summed E-state index contributed by atoms with van der Waals surface area (Å²) in [5.41, 5.74) is 2.43. The van der Waals surface area contributed by atoms with Crippen LogP contribution >= 0.6 is 0 Å². The van der Waals surface area contributed by atoms with Crippen LogP contribution in [-0.4, -0.2) is 31.0 Å². The van der Waals surface area contributed by atoms with Crippen LogP contribution in [0, 0.1) is 6.92 Å². The normalized spacial score (nSPS) is 9.88. The predicted octanol–water partition coefficient (Wildman–Crippen LogP) is 1.26. The zero-order valence-corrected chi connectivity index (χ0v) is 9.40. The molecule has 0 fully saturated rings. The molecule has 0 aliphatic rings. The second kappa shape index (κ2) is 6.85. The van der Waals surface area contributed by atoms with Gasteiger partial charge in [0.2, 0.25) is 0 Å². The number of nitrogens with one attached hydrogen (secondary N) is 1. The van der Waals surface area contributed by atoms with Gasteiger partial charge in [-0.1, -0.05) is 24.3 Å². The standard InChI is InChI=1S/C12H17NO3/c1-10-4-2-3-5-11(10)6-7-13-12(15)16-9-8-14/h2-5,14H,6-9H2,1H3,(H,13,15). The van der Waals surface area contributed by atoms with Gasteiger partial charge in [0.25, 0.3) is 0 Å². The highest BCUT2D eigenvalue weighted by Crippen LogP contribution is 2.06. The first-order chi connectivity index (χ1) is 7.74. The van der Waals surface area contributed by atoms with Crippen LogP contribution in [0.1, 0.15) is 11.1 Å². The summed E-state index contributed by atoms with van der Waals surface area (Å²) in [4.78, 5) is 11.0. The van der Waals surface area contributed by atoms with Gasteiger partial charge in [-0.3, -0.25) is 0 Å². The van der Waals surface area contributed by atoms with Gasteiger partial charge in [-0.05, 0) is 24.5 Å². The molecule has 0 spiro atoms. The van der Waals surface area contributed by atoms with Crippen LogP contribution in [0.5, 0.6) is 0 Å². The Morgan fingerprint density at radius 2 is 2.19 bits per heavy atom. The van der Waals surface area contributed by atoms with Gasteiger partial charge in [0.05, 0.1) is 6.61 Å². The zero-order valence-electron chi connectivity index (χ0n) is 9.40. The molecule has 0 saturated carbocycles. The Morgan fingerprint density at radius 1 is 1.44 bits per heavy atom. The highest BCUT2D eigenvalue weighted by molar-refractivity contribution is 5.67. The smallest absolute Gasteiger partial charge is 0.407 e. The van der Waals surface area contributed by atoms with E-state index >= 15 is 0 Å². The van der Waals surface area contributed by atoms with Crippen LogP contribution in [0.2, 0.25) is 0 Å². The predicted molar refractivity (Wildman–Crippen MR) is 61.3 cm³/mol. The van der Waals surface area contributed by atoms with Gasteiger partial charge in [0, 0.05) is 6.54 Å². The summed E-state index contributed by atoms with van der Waals surface area (Å²) in [6.45, 7) is 2.47. The third kappa shape index (κ3) is 4.31. The van der Waals surface area contributed by atoms with E-state index < -0.39 is 6.09 Å². The van der Waals surface area contributed by atoms with Crippen molar-refractivity contribution in [3.8, 4) is 0 Å². The third-order valence-corrected chi connectivity index (χ3v) is 2.25. The molecule has 0 unspecified atom stereocenters. The summed E-state index contributed by atoms with van der Waals surface area (Å²) < 4.78 is 4.66. The number of hydrogen-bond acceptors (Lipinski definition) is 3. The van der Waals surface area contributed by atoms with E-state index in [0.29, 0.717) is 6.54 Å². The Balaban J connectivity index is 2.25. The van der Waals surface area contributed by atoms with Gasteiger partial charge < -0.3 is 15.2 Å². The molecule has 1 aromatic carbocycles. The van der Waals surface area contributed by atoms with Crippen molar-refractivity contribution in [2.24, 2.45) is 0 Å². The molecule has 88 valence electrons. The molecule has 1 amide bonds. The zero-order chi connectivity index (χ0) is 11.8. The lowest BCUT2D eigenvalue weighted by atomic mass is 10.1. The number of aliphatic hydroxyl groups excluding tert-OH is 1. The van der Waals surface area contributed by atoms with E-state index in [-0.39, 0.29) is 13.2 Å². The first-order valence-corrected chi connectivity index (χ1v) is 5.30. The van der Waals surface area contributed by atoms with Crippen molar-refractivity contribution in [2.45, 2.75) is 13.3 Å². The molecule has 2 N–H and O–H groups in total. The molecule has 0 aliphatic carbocycles. The number of aliphatic hydroxyl groups is 1. The number of amides is 1. The Labute approximate surface area is 95.2 Å². The molecule has 0 radical (unpaired) electrons. The number of rotatable bonds is 5. The molecule has 4 heteroatoms. The number of ether oxygens (including phenoxy) is 1. The van der Waals surface area contributed by atoms with Gasteiger partial charge >= 0.3 is 6.09 Å². The van der Waals surface area contributed by atoms with E-state index in [1.165, 1.54) is 11.1 Å². The fourth-order valence-electron chi connectivity index (χ4n) is 1.38. The fraction of sp³-hybridized carbons (Fsp3) is 0.417. The molecule has 0 aromatic heterocycles. The number of hydrogen-bond donors (Lipinski definition) is 2. The number of benzene rings is 1. The summed E-state index contributed by atoms with van der Waals surface area (Å²) in [6, 6.07) is 8.05. The van der Waals surface area contributed by atoms with E-state index in [1.54, 1.807) is 0 Å². The highest BCUT2D eigenvalue weighted by atomic mass is 16.6. The summed E-state index contributed by atoms with van der Waals surface area (Å²) in [5, 5.41) is 11.1. The van der Waals surface area contributed by atoms with Crippen LogP contribution in [0.25, 0.3) is 0 Å². The Hall–Kier alpha value is -1.55. The van der Waals surface area contributed by atoms with Crippen molar-refractivity contribution in [1.29, 1.82) is 0 Å². The maximum atomic E-state index is 11.0. The number of carbonyl (C=O) groups excluding carboxylic acids is 1. The first kappa shape index (κ1) is 12.5. The van der Waals surface area contributed by atoms with Gasteiger partial charge in [-0.25, -0.2) is 4.79 Å². The molecular weight excluding hydrogens is 206 g/mol. The Bertz CT molecular complexity index is 339. The molecule has 0 saturated heterocycles. The highest BCUT2D eigenvalue weighted by Gasteiger charge is 2.01. The van der Waals surface area contributed by atoms with Crippen LogP contribution in [-0.2, 0) is 11.2 Å². The van der Waals surface area contributed by atoms with Crippen molar-refractivity contribution in [2.75, 3.05) is 19.8 Å². The van der Waals surface area contributed by atoms with Crippen LogP contribution in [0.4, 0.5) is 4.79 Å². The minimum absolute atomic E-state index is 0.0379. The van der Waals surface area contributed by atoms with Crippen molar-refractivity contribution in [3.63, 3.8) is 0 Å². The average molecular weight is 223 g/mol. The molecule has 1 aromatic rings. The topological polar surface area (TPSA) is 58.6 Å². The van der Waals surface area contributed by atoms with Crippen LogP contribution in [0.3, 0.4) is 0 Å². The Kier molecular flexibility index (Phi) is 5.36. The molecule has 0 heterocycles. The lowest BCUT2D eigenvalue weighted by Gasteiger charge is -2.07. The van der Waals surface area contributed by atoms with E-state index in [2.05, 4.69) is 10.1 Å². The number of aryl methyl sites for hydroxylation is 1. The second-order valence-electron chi connectivity index (χ2n) is 3.46. The lowest BCUT2D eigenvalue weighted by molar-refractivity contribution is 0.119. The van der Waals surface area contributed by atoms with E-state index in [9.17, 15) is 4.79 Å². The summed E-state index contributed by atoms with van der Waals surface area (Å²) in [6.07, 6.45) is 0.295. The molecule has 0 bridgehead atoms. The van der Waals surface area contributed by atoms with Gasteiger partial charge in [0.1, 0.15) is 6.61 Å². The average Bonchev–Trinajstić information content (AvgIpc) is 2.29. The quantitative estimate of drug-likeness (QED) is 0.790. The molecule has 0 aliphatic heterocycles. The van der Waals surface area contributed by atoms with Crippen molar-refractivity contribution < 1.29 is 14.6 Å². The SMILES string of the molecule is Cc1ccccc1CCNC(=O)OCCO. The third-order valence-electron chi connectivity index (χ3n) is 2.25. The number of alkyl carbamates (subject to hydrolysis) is 1. The minimum Gasteiger partial charge on any atom is -0.447 e. The van der Waals surface area contributed by atoms with E-state index in [0.717, 1.165) is 6.42 Å². The Morgan fingerprint density at radius 3 is 2.88 bits per heavy atom. The van der Waals surface area contributed by atoms with Gasteiger partial charge in [0.15, 0.2) is 0 Å². The largest absolute Gasteiger partial charge is 0.447 e. The summed E-state index contributed by atoms with van der Waals surface area (Å²) in [5.74, 6) is 0. The lowest BCUT2D eigenvalue weighted by Crippen LogP contribution is -2.27. The molecule has 16 heavy (non-hydrogen) atoms. The maximum absolute atomic E-state index is 11.0. The summed E-state index contributed by atoms with van der Waals surface area (Å²) >= 11 is 0. The van der Waals surface area contributed by atoms with Crippen molar-refractivity contribution >= 4 is 6.09 Å². The molecule has 4 nitrogen and oxygen atoms in total. The van der Waals surface area contributed by atoms with Crippen molar-refractivity contribution in [1.82, 2.24) is 5.32 Å². The van der Waals surface area contributed by atoms with Gasteiger partial charge in [-0.15, -0.1) is 0 Å². The number of carbonyl (C=O) groups is 1. The van der Waals surface area contributed by atoms with Crippen molar-refractivity contribution in [3.05, 3.63) is 35.4 Å². The van der Waals surface area contributed by atoms with E-state index in [1.807, 2.05) is 31.2 Å². The maximum Gasteiger partial charge on any atom is 0.407 e.